The Morgan fingerprint density at radius 1 is 0.955 bits per heavy atom. The van der Waals surface area contributed by atoms with Crippen LogP contribution in [-0.2, 0) is 0 Å². The maximum Gasteiger partial charge on any atom is 0.161 e. The summed E-state index contributed by atoms with van der Waals surface area (Å²) >= 11 is 1.91. The highest BCUT2D eigenvalue weighted by molar-refractivity contribution is 8.13. The lowest BCUT2D eigenvalue weighted by molar-refractivity contribution is 0.222. The molecule has 1 aliphatic heterocycles. The van der Waals surface area contributed by atoms with Gasteiger partial charge in [0.15, 0.2) is 5.17 Å². The average molecular weight is 310 g/mol. The molecule has 2 aliphatic rings. The number of hydrogen-bond donors (Lipinski definition) is 1. The molecule has 3 heteroatoms. The van der Waals surface area contributed by atoms with Crippen molar-refractivity contribution in [1.29, 1.82) is 0 Å². The molecule has 0 radical (unpaired) electrons. The number of nitrogens with one attached hydrogen (secondary N) is 1. The molecule has 1 saturated carbocycles. The van der Waals surface area contributed by atoms with Crippen LogP contribution in [0.25, 0.3) is 10.8 Å². The first-order valence-corrected chi connectivity index (χ1v) is 9.26. The Morgan fingerprint density at radius 3 is 2.59 bits per heavy atom. The molecule has 1 saturated heterocycles. The zero-order valence-electron chi connectivity index (χ0n) is 12.8. The summed E-state index contributed by atoms with van der Waals surface area (Å²) in [5.41, 5.74) is 1.61. The molecule has 114 valence electrons. The van der Waals surface area contributed by atoms with Crippen LogP contribution in [-0.4, -0.2) is 17.5 Å². The van der Waals surface area contributed by atoms with E-state index in [9.17, 15) is 0 Å². The standard InChI is InChI=1S/C19H22N2S/c1-4-11-19(12-5-1)13-20-18(22-14-19)21-17-10-6-8-15-7-2-3-9-16(15)17/h2-3,6-10H,1,4-5,11-14H2,(H,20,21). The van der Waals surface area contributed by atoms with Gasteiger partial charge >= 0.3 is 0 Å². The number of aliphatic imine (C=N–C) groups is 1. The summed E-state index contributed by atoms with van der Waals surface area (Å²) in [5, 5.41) is 7.19. The molecular formula is C19H22N2S. The van der Waals surface area contributed by atoms with Crippen LogP contribution >= 0.6 is 11.8 Å². The molecule has 1 spiro atoms. The molecule has 22 heavy (non-hydrogen) atoms. The second kappa shape index (κ2) is 5.96. The fourth-order valence-corrected chi connectivity index (χ4v) is 4.87. The smallest absolute Gasteiger partial charge is 0.161 e. The molecule has 1 aliphatic carbocycles. The van der Waals surface area contributed by atoms with Gasteiger partial charge in [-0.05, 0) is 29.7 Å². The van der Waals surface area contributed by atoms with E-state index in [4.69, 9.17) is 4.99 Å². The summed E-state index contributed by atoms with van der Waals surface area (Å²) in [4.78, 5) is 4.89. The van der Waals surface area contributed by atoms with Crippen LogP contribution < -0.4 is 5.32 Å². The van der Waals surface area contributed by atoms with Crippen molar-refractivity contribution in [3.63, 3.8) is 0 Å². The van der Waals surface area contributed by atoms with Crippen LogP contribution in [0.1, 0.15) is 32.1 Å². The van der Waals surface area contributed by atoms with Crippen molar-refractivity contribution in [2.24, 2.45) is 10.4 Å². The zero-order valence-corrected chi connectivity index (χ0v) is 13.7. The lowest BCUT2D eigenvalue weighted by atomic mass is 9.75. The number of hydrogen-bond acceptors (Lipinski definition) is 2. The van der Waals surface area contributed by atoms with Crippen LogP contribution in [0, 0.1) is 5.41 Å². The Morgan fingerprint density at radius 2 is 1.77 bits per heavy atom. The van der Waals surface area contributed by atoms with Gasteiger partial charge in [0.2, 0.25) is 0 Å². The summed E-state index contributed by atoms with van der Waals surface area (Å²) in [6.45, 7) is 1.10. The van der Waals surface area contributed by atoms with E-state index in [1.165, 1.54) is 48.6 Å². The molecule has 2 fully saturated rings. The highest BCUT2D eigenvalue weighted by atomic mass is 32.2. The van der Waals surface area contributed by atoms with Gasteiger partial charge in [0, 0.05) is 17.7 Å². The normalized spacial score (nSPS) is 22.8. The minimum absolute atomic E-state index is 0.528. The number of nitrogens with zero attached hydrogens (tertiary/aromatic N) is 1. The molecule has 4 rings (SSSR count). The van der Waals surface area contributed by atoms with Crippen molar-refractivity contribution < 1.29 is 0 Å². The molecule has 0 amide bonds. The largest absolute Gasteiger partial charge is 0.364 e. The summed E-state index contributed by atoms with van der Waals surface area (Å²) < 4.78 is 0. The van der Waals surface area contributed by atoms with E-state index in [1.807, 2.05) is 11.8 Å². The summed E-state index contributed by atoms with van der Waals surface area (Å²) in [7, 11) is 0. The van der Waals surface area contributed by atoms with Gasteiger partial charge < -0.3 is 5.32 Å². The van der Waals surface area contributed by atoms with Crippen molar-refractivity contribution >= 4 is 33.4 Å². The van der Waals surface area contributed by atoms with Gasteiger partial charge in [-0.15, -0.1) is 0 Å². The van der Waals surface area contributed by atoms with Crippen molar-refractivity contribution in [2.45, 2.75) is 32.1 Å². The Labute approximate surface area is 136 Å². The van der Waals surface area contributed by atoms with Crippen LogP contribution in [0.3, 0.4) is 0 Å². The Balaban J connectivity index is 1.56. The second-order valence-corrected chi connectivity index (χ2v) is 7.58. The van der Waals surface area contributed by atoms with Gasteiger partial charge in [0.05, 0.1) is 5.69 Å². The first kappa shape index (κ1) is 14.1. The molecule has 2 aromatic carbocycles. The predicted molar refractivity (Wildman–Crippen MR) is 97.0 cm³/mol. The molecule has 0 bridgehead atoms. The predicted octanol–water partition coefficient (Wildman–Crippen LogP) is 5.11. The minimum atomic E-state index is 0.528. The third-order valence-corrected chi connectivity index (χ3v) is 6.30. The number of fused-ring (bicyclic) bond motifs is 1. The first-order valence-electron chi connectivity index (χ1n) is 8.28. The SMILES string of the molecule is c1ccc2c(/N=C3/NCC4(CCCCC4)CS3)cccc2c1. The highest BCUT2D eigenvalue weighted by Crippen LogP contribution is 2.41. The van der Waals surface area contributed by atoms with Gasteiger partial charge in [0.1, 0.15) is 0 Å². The topological polar surface area (TPSA) is 24.4 Å². The van der Waals surface area contributed by atoms with E-state index in [1.54, 1.807) is 0 Å². The van der Waals surface area contributed by atoms with Crippen molar-refractivity contribution in [1.82, 2.24) is 5.32 Å². The van der Waals surface area contributed by atoms with Crippen LogP contribution in [0.2, 0.25) is 0 Å². The Hall–Kier alpha value is -1.48. The Kier molecular flexibility index (Phi) is 3.83. The summed E-state index contributed by atoms with van der Waals surface area (Å²) in [5.74, 6) is 1.23. The monoisotopic (exact) mass is 310 g/mol. The first-order chi connectivity index (χ1) is 10.8. The van der Waals surface area contributed by atoms with Crippen molar-refractivity contribution in [3.05, 3.63) is 42.5 Å². The zero-order chi connectivity index (χ0) is 14.8. The van der Waals surface area contributed by atoms with Gasteiger partial charge in [-0.25, -0.2) is 4.99 Å². The van der Waals surface area contributed by atoms with E-state index >= 15 is 0 Å². The number of rotatable bonds is 1. The maximum atomic E-state index is 4.89. The molecular weight excluding hydrogens is 288 g/mol. The molecule has 2 nitrogen and oxygen atoms in total. The third-order valence-electron chi connectivity index (χ3n) is 5.03. The van der Waals surface area contributed by atoms with Crippen molar-refractivity contribution in [3.8, 4) is 0 Å². The second-order valence-electron chi connectivity index (χ2n) is 6.62. The summed E-state index contributed by atoms with van der Waals surface area (Å²) in [6, 6.07) is 14.8. The number of benzene rings is 2. The van der Waals surface area contributed by atoms with Gasteiger partial charge in [-0.3, -0.25) is 0 Å². The minimum Gasteiger partial charge on any atom is -0.364 e. The summed E-state index contributed by atoms with van der Waals surface area (Å²) in [6.07, 6.45) is 6.99. The molecule has 2 aromatic rings. The number of amidine groups is 1. The Bertz CT molecular complexity index is 684. The average Bonchev–Trinajstić information content (AvgIpc) is 2.58. The van der Waals surface area contributed by atoms with E-state index in [-0.39, 0.29) is 0 Å². The van der Waals surface area contributed by atoms with Gasteiger partial charge in [0.25, 0.3) is 0 Å². The molecule has 0 aromatic heterocycles. The van der Waals surface area contributed by atoms with E-state index in [0.29, 0.717) is 5.41 Å². The van der Waals surface area contributed by atoms with E-state index in [2.05, 4.69) is 47.8 Å². The van der Waals surface area contributed by atoms with Gasteiger partial charge in [-0.1, -0.05) is 67.4 Å². The van der Waals surface area contributed by atoms with Crippen LogP contribution in [0.5, 0.6) is 0 Å². The fraction of sp³-hybridized carbons (Fsp3) is 0.421. The highest BCUT2D eigenvalue weighted by Gasteiger charge is 2.35. The van der Waals surface area contributed by atoms with E-state index in [0.717, 1.165) is 17.4 Å². The van der Waals surface area contributed by atoms with E-state index < -0.39 is 0 Å². The lowest BCUT2D eigenvalue weighted by Gasteiger charge is -2.40. The number of thioether (sulfide) groups is 1. The molecule has 1 N–H and O–H groups in total. The lowest BCUT2D eigenvalue weighted by Crippen LogP contribution is -2.44. The van der Waals surface area contributed by atoms with Crippen molar-refractivity contribution in [2.75, 3.05) is 12.3 Å². The van der Waals surface area contributed by atoms with Crippen LogP contribution in [0.4, 0.5) is 5.69 Å². The van der Waals surface area contributed by atoms with Crippen LogP contribution in [0.15, 0.2) is 47.5 Å². The molecule has 0 atom stereocenters. The molecule has 0 unspecified atom stereocenters. The third kappa shape index (κ3) is 2.74. The molecule has 1 heterocycles. The van der Waals surface area contributed by atoms with Gasteiger partial charge in [-0.2, -0.15) is 0 Å². The fourth-order valence-electron chi connectivity index (χ4n) is 3.70. The maximum absolute atomic E-state index is 4.89. The quantitative estimate of drug-likeness (QED) is 0.791.